The Labute approximate surface area is 167 Å². The SMILES string of the molecule is O=C1Nc2cc(Cl)ccc2SC1CC(=O)N1CCN(c2ccccc2)CC1. The van der Waals surface area contributed by atoms with Gasteiger partial charge in [0.25, 0.3) is 0 Å². The number of carbonyl (C=O) groups excluding carboxylic acids is 2. The largest absolute Gasteiger partial charge is 0.368 e. The number of thioether (sulfide) groups is 1. The van der Waals surface area contributed by atoms with Crippen molar-refractivity contribution in [3.63, 3.8) is 0 Å². The van der Waals surface area contributed by atoms with E-state index in [0.717, 1.165) is 23.7 Å². The summed E-state index contributed by atoms with van der Waals surface area (Å²) in [5.41, 5.74) is 1.90. The van der Waals surface area contributed by atoms with Gasteiger partial charge in [-0.2, -0.15) is 0 Å². The van der Waals surface area contributed by atoms with Gasteiger partial charge in [0, 0.05) is 48.2 Å². The number of hydrogen-bond acceptors (Lipinski definition) is 4. The maximum absolute atomic E-state index is 12.7. The standard InChI is InChI=1S/C20H20ClN3O2S/c21-14-6-7-17-16(12-14)22-20(26)18(27-17)13-19(25)24-10-8-23(9-11-24)15-4-2-1-3-5-15/h1-7,12,18H,8-11,13H2,(H,22,26). The van der Waals surface area contributed by atoms with E-state index >= 15 is 0 Å². The van der Waals surface area contributed by atoms with Gasteiger partial charge < -0.3 is 15.1 Å². The predicted molar refractivity (Wildman–Crippen MR) is 110 cm³/mol. The van der Waals surface area contributed by atoms with E-state index in [1.54, 1.807) is 12.1 Å². The lowest BCUT2D eigenvalue weighted by molar-refractivity contribution is -0.132. The molecule has 2 aromatic rings. The fourth-order valence-electron chi connectivity index (χ4n) is 3.40. The van der Waals surface area contributed by atoms with Crippen LogP contribution in [0.2, 0.25) is 5.02 Å². The molecule has 2 heterocycles. The highest BCUT2D eigenvalue weighted by Gasteiger charge is 2.31. The number of piperazine rings is 1. The summed E-state index contributed by atoms with van der Waals surface area (Å²) < 4.78 is 0. The van der Waals surface area contributed by atoms with Crippen molar-refractivity contribution < 1.29 is 9.59 Å². The number of para-hydroxylation sites is 1. The quantitative estimate of drug-likeness (QED) is 0.855. The number of amides is 2. The lowest BCUT2D eigenvalue weighted by Gasteiger charge is -2.36. The second kappa shape index (κ2) is 7.82. The Morgan fingerprint density at radius 1 is 1.11 bits per heavy atom. The van der Waals surface area contributed by atoms with Crippen molar-refractivity contribution in [3.05, 3.63) is 53.6 Å². The summed E-state index contributed by atoms with van der Waals surface area (Å²) in [5.74, 6) is -0.0983. The third-order valence-electron chi connectivity index (χ3n) is 4.87. The molecule has 1 saturated heterocycles. The summed E-state index contributed by atoms with van der Waals surface area (Å²) in [7, 11) is 0. The van der Waals surface area contributed by atoms with Crippen LogP contribution in [0.15, 0.2) is 53.4 Å². The van der Waals surface area contributed by atoms with Crippen LogP contribution in [0.3, 0.4) is 0 Å². The van der Waals surface area contributed by atoms with Gasteiger partial charge in [-0.3, -0.25) is 9.59 Å². The highest BCUT2D eigenvalue weighted by atomic mass is 35.5. The molecule has 1 fully saturated rings. The highest BCUT2D eigenvalue weighted by Crippen LogP contribution is 2.38. The molecule has 2 aliphatic heterocycles. The van der Waals surface area contributed by atoms with Gasteiger partial charge >= 0.3 is 0 Å². The summed E-state index contributed by atoms with van der Waals surface area (Å²) in [6.45, 7) is 2.97. The second-order valence-electron chi connectivity index (χ2n) is 6.64. The first-order valence-corrected chi connectivity index (χ1v) is 10.2. The van der Waals surface area contributed by atoms with Gasteiger partial charge in [-0.05, 0) is 30.3 Å². The van der Waals surface area contributed by atoms with Gasteiger partial charge in [-0.25, -0.2) is 0 Å². The molecule has 1 atom stereocenters. The van der Waals surface area contributed by atoms with E-state index in [1.807, 2.05) is 29.2 Å². The normalized spacial score (nSPS) is 19.4. The maximum Gasteiger partial charge on any atom is 0.238 e. The molecule has 27 heavy (non-hydrogen) atoms. The number of benzene rings is 2. The molecule has 140 valence electrons. The molecule has 7 heteroatoms. The molecule has 0 radical (unpaired) electrons. The number of rotatable bonds is 3. The lowest BCUT2D eigenvalue weighted by Crippen LogP contribution is -2.49. The first-order valence-electron chi connectivity index (χ1n) is 8.95. The molecule has 2 aromatic carbocycles. The smallest absolute Gasteiger partial charge is 0.238 e. The molecule has 0 aliphatic carbocycles. The van der Waals surface area contributed by atoms with E-state index in [4.69, 9.17) is 11.6 Å². The van der Waals surface area contributed by atoms with E-state index in [-0.39, 0.29) is 18.2 Å². The Morgan fingerprint density at radius 2 is 1.85 bits per heavy atom. The first-order chi connectivity index (χ1) is 13.1. The zero-order valence-electron chi connectivity index (χ0n) is 14.7. The van der Waals surface area contributed by atoms with Crippen molar-refractivity contribution >= 4 is 46.6 Å². The fourth-order valence-corrected chi connectivity index (χ4v) is 4.65. The molecule has 1 N–H and O–H groups in total. The van der Waals surface area contributed by atoms with E-state index < -0.39 is 5.25 Å². The number of hydrogen-bond donors (Lipinski definition) is 1. The van der Waals surface area contributed by atoms with Crippen LogP contribution in [0, 0.1) is 0 Å². The Bertz CT molecular complexity index is 854. The molecule has 5 nitrogen and oxygen atoms in total. The van der Waals surface area contributed by atoms with Crippen LogP contribution >= 0.6 is 23.4 Å². The Balaban J connectivity index is 1.35. The molecule has 0 bridgehead atoms. The average Bonchev–Trinajstić information content (AvgIpc) is 2.69. The van der Waals surface area contributed by atoms with Gasteiger partial charge in [0.15, 0.2) is 0 Å². The number of fused-ring (bicyclic) bond motifs is 1. The Kier molecular flexibility index (Phi) is 5.27. The van der Waals surface area contributed by atoms with Crippen LogP contribution in [0.1, 0.15) is 6.42 Å². The Morgan fingerprint density at radius 3 is 2.59 bits per heavy atom. The third-order valence-corrected chi connectivity index (χ3v) is 6.39. The van der Waals surface area contributed by atoms with Crippen molar-refractivity contribution in [2.24, 2.45) is 0 Å². The van der Waals surface area contributed by atoms with Crippen LogP contribution in [0.25, 0.3) is 0 Å². The summed E-state index contributed by atoms with van der Waals surface area (Å²) in [6, 6.07) is 15.7. The first kappa shape index (κ1) is 18.2. The minimum atomic E-state index is -0.404. The number of nitrogens with one attached hydrogen (secondary N) is 1. The zero-order valence-corrected chi connectivity index (χ0v) is 16.3. The van der Waals surface area contributed by atoms with Crippen LogP contribution in [0.5, 0.6) is 0 Å². The summed E-state index contributed by atoms with van der Waals surface area (Å²) in [4.78, 5) is 30.2. The molecule has 0 spiro atoms. The number of carbonyl (C=O) groups is 2. The van der Waals surface area contributed by atoms with Crippen LogP contribution in [0.4, 0.5) is 11.4 Å². The van der Waals surface area contributed by atoms with E-state index in [0.29, 0.717) is 18.1 Å². The molecule has 0 aromatic heterocycles. The zero-order chi connectivity index (χ0) is 18.8. The third kappa shape index (κ3) is 4.06. The van der Waals surface area contributed by atoms with E-state index in [2.05, 4.69) is 22.3 Å². The minimum Gasteiger partial charge on any atom is -0.368 e. The summed E-state index contributed by atoms with van der Waals surface area (Å²) >= 11 is 7.41. The average molecular weight is 402 g/mol. The molecule has 2 amide bonds. The number of halogens is 1. The van der Waals surface area contributed by atoms with Crippen molar-refractivity contribution in [1.29, 1.82) is 0 Å². The summed E-state index contributed by atoms with van der Waals surface area (Å²) in [6.07, 6.45) is 0.212. The molecular formula is C20H20ClN3O2S. The molecular weight excluding hydrogens is 382 g/mol. The number of anilines is 2. The van der Waals surface area contributed by atoms with Gasteiger partial charge in [0.2, 0.25) is 11.8 Å². The Hall–Kier alpha value is -2.18. The van der Waals surface area contributed by atoms with Crippen molar-refractivity contribution in [2.45, 2.75) is 16.6 Å². The monoisotopic (exact) mass is 401 g/mol. The lowest BCUT2D eigenvalue weighted by atomic mass is 10.2. The van der Waals surface area contributed by atoms with Crippen molar-refractivity contribution in [1.82, 2.24) is 4.90 Å². The second-order valence-corrected chi connectivity index (χ2v) is 8.32. The van der Waals surface area contributed by atoms with E-state index in [9.17, 15) is 9.59 Å². The molecule has 1 unspecified atom stereocenters. The maximum atomic E-state index is 12.7. The van der Waals surface area contributed by atoms with Gasteiger partial charge in [-0.1, -0.05) is 29.8 Å². The molecule has 0 saturated carbocycles. The predicted octanol–water partition coefficient (Wildman–Crippen LogP) is 3.49. The highest BCUT2D eigenvalue weighted by molar-refractivity contribution is 8.01. The van der Waals surface area contributed by atoms with Crippen molar-refractivity contribution in [2.75, 3.05) is 36.4 Å². The fraction of sp³-hybridized carbons (Fsp3) is 0.300. The molecule has 4 rings (SSSR count). The van der Waals surface area contributed by atoms with Gasteiger partial charge in [0.05, 0.1) is 10.9 Å². The minimum absolute atomic E-state index is 0.0350. The van der Waals surface area contributed by atoms with Crippen LogP contribution in [-0.2, 0) is 9.59 Å². The summed E-state index contributed by atoms with van der Waals surface area (Å²) in [5, 5.41) is 3.04. The van der Waals surface area contributed by atoms with Crippen molar-refractivity contribution in [3.8, 4) is 0 Å². The number of nitrogens with zero attached hydrogens (tertiary/aromatic N) is 2. The topological polar surface area (TPSA) is 52.7 Å². The molecule has 2 aliphatic rings. The van der Waals surface area contributed by atoms with Crippen LogP contribution < -0.4 is 10.2 Å². The van der Waals surface area contributed by atoms with Gasteiger partial charge in [0.1, 0.15) is 0 Å². The van der Waals surface area contributed by atoms with E-state index in [1.165, 1.54) is 17.4 Å². The van der Waals surface area contributed by atoms with Gasteiger partial charge in [-0.15, -0.1) is 11.8 Å². The van der Waals surface area contributed by atoms with Crippen LogP contribution in [-0.4, -0.2) is 48.1 Å².